The number of hydrogen-bond donors (Lipinski definition) is 2. The second kappa shape index (κ2) is 11.1. The van der Waals surface area contributed by atoms with E-state index in [9.17, 15) is 9.59 Å². The Hall–Kier alpha value is -1.89. The van der Waals surface area contributed by atoms with Crippen molar-refractivity contribution in [2.75, 3.05) is 14.1 Å². The Kier molecular flexibility index (Phi) is 8.52. The Labute approximate surface area is 194 Å². The fourth-order valence-corrected chi connectivity index (χ4v) is 5.62. The van der Waals surface area contributed by atoms with Gasteiger partial charge in [0.1, 0.15) is 0 Å². The summed E-state index contributed by atoms with van der Waals surface area (Å²) in [5.41, 5.74) is 1.04. The second-order valence-corrected chi connectivity index (χ2v) is 9.89. The van der Waals surface area contributed by atoms with Crippen molar-refractivity contribution >= 4 is 34.8 Å². The summed E-state index contributed by atoms with van der Waals surface area (Å²) < 4.78 is 0. The maximum atomic E-state index is 12.4. The molecule has 31 heavy (non-hydrogen) atoms. The van der Waals surface area contributed by atoms with Gasteiger partial charge in [0.15, 0.2) is 0 Å². The predicted octanol–water partition coefficient (Wildman–Crippen LogP) is 4.70. The molecular weight excluding hydrogens is 430 g/mol. The first-order valence-electron chi connectivity index (χ1n) is 10.9. The summed E-state index contributed by atoms with van der Waals surface area (Å²) in [4.78, 5) is 28.1. The van der Waals surface area contributed by atoms with E-state index in [0.29, 0.717) is 30.8 Å². The molecule has 1 heterocycles. The number of thiophene rings is 1. The minimum Gasteiger partial charge on any atom is -0.353 e. The van der Waals surface area contributed by atoms with Crippen molar-refractivity contribution in [1.82, 2.24) is 15.5 Å². The first-order chi connectivity index (χ1) is 14.9. The van der Waals surface area contributed by atoms with Gasteiger partial charge in [-0.15, -0.1) is 11.3 Å². The lowest BCUT2D eigenvalue weighted by Crippen LogP contribution is -2.48. The molecule has 7 heteroatoms. The number of halogens is 1. The van der Waals surface area contributed by atoms with Gasteiger partial charge in [0.05, 0.1) is 5.54 Å². The standard InChI is InChI=1S/C24H32ClN3O2S/c1-28(2)24(21-8-5-15-31-21)13-11-20(12-14-24)27-23(30)10-4-9-22(29)26-17-18-6-3-7-19(25)16-18/h3,5-8,15-16,20H,4,9-14,17H2,1-2H3,(H,26,29)(H,27,30). The highest BCUT2D eigenvalue weighted by Crippen LogP contribution is 2.42. The molecule has 168 valence electrons. The number of hydrogen-bond acceptors (Lipinski definition) is 4. The topological polar surface area (TPSA) is 61.4 Å². The highest BCUT2D eigenvalue weighted by Gasteiger charge is 2.39. The molecule has 1 aromatic heterocycles. The SMILES string of the molecule is CN(C)C1(c2cccs2)CCC(NC(=O)CCCC(=O)NCc2cccc(Cl)c2)CC1. The highest BCUT2D eigenvalue weighted by molar-refractivity contribution is 7.10. The Bertz CT molecular complexity index is 861. The van der Waals surface area contributed by atoms with Gasteiger partial charge in [0, 0.05) is 35.3 Å². The van der Waals surface area contributed by atoms with Crippen molar-refractivity contribution in [3.8, 4) is 0 Å². The molecule has 1 fully saturated rings. The maximum Gasteiger partial charge on any atom is 0.220 e. The lowest BCUT2D eigenvalue weighted by molar-refractivity contribution is -0.123. The normalized spacial score (nSPS) is 21.1. The van der Waals surface area contributed by atoms with Gasteiger partial charge in [0.25, 0.3) is 0 Å². The summed E-state index contributed by atoms with van der Waals surface area (Å²) >= 11 is 7.77. The molecule has 5 nitrogen and oxygen atoms in total. The van der Waals surface area contributed by atoms with Crippen molar-refractivity contribution in [3.63, 3.8) is 0 Å². The van der Waals surface area contributed by atoms with Crippen LogP contribution in [0.2, 0.25) is 5.02 Å². The lowest BCUT2D eigenvalue weighted by Gasteiger charge is -2.44. The molecule has 0 aliphatic heterocycles. The zero-order valence-electron chi connectivity index (χ0n) is 18.3. The van der Waals surface area contributed by atoms with E-state index in [0.717, 1.165) is 31.2 Å². The molecule has 1 aliphatic rings. The Morgan fingerprint density at radius 3 is 2.52 bits per heavy atom. The van der Waals surface area contributed by atoms with Crippen molar-refractivity contribution in [2.24, 2.45) is 0 Å². The molecule has 0 bridgehead atoms. The van der Waals surface area contributed by atoms with Crippen LogP contribution < -0.4 is 10.6 Å². The Balaban J connectivity index is 1.35. The van der Waals surface area contributed by atoms with Crippen molar-refractivity contribution in [1.29, 1.82) is 0 Å². The largest absolute Gasteiger partial charge is 0.353 e. The number of nitrogens with one attached hydrogen (secondary N) is 2. The average molecular weight is 462 g/mol. The molecule has 3 rings (SSSR count). The van der Waals surface area contributed by atoms with Gasteiger partial charge in [-0.1, -0.05) is 29.8 Å². The van der Waals surface area contributed by atoms with Crippen LogP contribution in [0.3, 0.4) is 0 Å². The third-order valence-corrected chi connectivity index (χ3v) is 7.50. The number of amides is 2. The van der Waals surface area contributed by atoms with Gasteiger partial charge >= 0.3 is 0 Å². The zero-order chi connectivity index (χ0) is 22.3. The maximum absolute atomic E-state index is 12.4. The van der Waals surface area contributed by atoms with E-state index in [2.05, 4.69) is 47.1 Å². The van der Waals surface area contributed by atoms with E-state index in [4.69, 9.17) is 11.6 Å². The van der Waals surface area contributed by atoms with Crippen LogP contribution in [0.4, 0.5) is 0 Å². The second-order valence-electron chi connectivity index (χ2n) is 8.51. The zero-order valence-corrected chi connectivity index (χ0v) is 19.9. The first-order valence-corrected chi connectivity index (χ1v) is 12.2. The molecule has 1 aliphatic carbocycles. The summed E-state index contributed by atoms with van der Waals surface area (Å²) in [6, 6.07) is 12.0. The summed E-state index contributed by atoms with van der Waals surface area (Å²) in [6.07, 6.45) is 5.31. The molecule has 2 amide bonds. The molecule has 0 saturated heterocycles. The smallest absolute Gasteiger partial charge is 0.220 e. The van der Waals surface area contributed by atoms with Crippen molar-refractivity contribution in [2.45, 2.75) is 63.1 Å². The van der Waals surface area contributed by atoms with E-state index in [1.54, 1.807) is 6.07 Å². The molecule has 1 saturated carbocycles. The number of nitrogens with zero attached hydrogens (tertiary/aromatic N) is 1. The van der Waals surface area contributed by atoms with E-state index in [1.165, 1.54) is 4.88 Å². The number of carbonyl (C=O) groups is 2. The number of benzene rings is 1. The van der Waals surface area contributed by atoms with Crippen LogP contribution in [0.25, 0.3) is 0 Å². The van der Waals surface area contributed by atoms with Crippen molar-refractivity contribution in [3.05, 3.63) is 57.2 Å². The van der Waals surface area contributed by atoms with Crippen LogP contribution in [0.5, 0.6) is 0 Å². The molecule has 1 aromatic carbocycles. The van der Waals surface area contributed by atoms with Gasteiger partial charge in [-0.3, -0.25) is 14.5 Å². The Morgan fingerprint density at radius 1 is 1.13 bits per heavy atom. The van der Waals surface area contributed by atoms with E-state index in [-0.39, 0.29) is 23.4 Å². The lowest BCUT2D eigenvalue weighted by atomic mass is 9.77. The molecule has 0 atom stereocenters. The van der Waals surface area contributed by atoms with Gasteiger partial charge < -0.3 is 10.6 Å². The molecule has 0 spiro atoms. The summed E-state index contributed by atoms with van der Waals surface area (Å²) in [5, 5.41) is 8.85. The quantitative estimate of drug-likeness (QED) is 0.568. The van der Waals surface area contributed by atoms with E-state index in [1.807, 2.05) is 29.5 Å². The highest BCUT2D eigenvalue weighted by atomic mass is 35.5. The van der Waals surface area contributed by atoms with Gasteiger partial charge in [-0.25, -0.2) is 0 Å². The van der Waals surface area contributed by atoms with E-state index >= 15 is 0 Å². The first kappa shape index (κ1) is 23.8. The number of carbonyl (C=O) groups excluding carboxylic acids is 2. The van der Waals surface area contributed by atoms with Crippen LogP contribution in [0.15, 0.2) is 41.8 Å². The summed E-state index contributed by atoms with van der Waals surface area (Å²) in [7, 11) is 4.30. The van der Waals surface area contributed by atoms with Crippen LogP contribution in [0, 0.1) is 0 Å². The van der Waals surface area contributed by atoms with Crippen LogP contribution in [-0.2, 0) is 21.7 Å². The fourth-order valence-electron chi connectivity index (χ4n) is 4.34. The van der Waals surface area contributed by atoms with Crippen LogP contribution >= 0.6 is 22.9 Å². The number of rotatable bonds is 9. The van der Waals surface area contributed by atoms with Gasteiger partial charge in [-0.2, -0.15) is 0 Å². The van der Waals surface area contributed by atoms with Crippen LogP contribution in [-0.4, -0.2) is 36.9 Å². The molecule has 2 aromatic rings. The Morgan fingerprint density at radius 2 is 1.87 bits per heavy atom. The van der Waals surface area contributed by atoms with Gasteiger partial charge in [-0.05, 0) is 75.3 Å². The minimum atomic E-state index is -0.0443. The third kappa shape index (κ3) is 6.55. The monoisotopic (exact) mass is 461 g/mol. The van der Waals surface area contributed by atoms with Gasteiger partial charge in [0.2, 0.25) is 11.8 Å². The van der Waals surface area contributed by atoms with Crippen LogP contribution in [0.1, 0.15) is 55.4 Å². The van der Waals surface area contributed by atoms with Crippen molar-refractivity contribution < 1.29 is 9.59 Å². The van der Waals surface area contributed by atoms with E-state index < -0.39 is 0 Å². The molecule has 0 unspecified atom stereocenters. The molecular formula is C24H32ClN3O2S. The molecule has 0 radical (unpaired) electrons. The summed E-state index contributed by atoms with van der Waals surface area (Å²) in [6.45, 7) is 0.450. The average Bonchev–Trinajstić information content (AvgIpc) is 3.28. The summed E-state index contributed by atoms with van der Waals surface area (Å²) in [5.74, 6) is -0.00160. The fraction of sp³-hybridized carbons (Fsp3) is 0.500. The minimum absolute atomic E-state index is 0.0427. The third-order valence-electron chi connectivity index (χ3n) is 6.20. The molecule has 2 N–H and O–H groups in total. The predicted molar refractivity (Wildman–Crippen MR) is 127 cm³/mol.